The van der Waals surface area contributed by atoms with Crippen LogP contribution < -0.4 is 5.32 Å². The van der Waals surface area contributed by atoms with Crippen molar-refractivity contribution in [3.8, 4) is 22.5 Å². The number of halogens is 2. The Hall–Kier alpha value is -4.58. The SMILES string of the molecule is CNC(=O)c1c(-c2ccc(F)cc2)oc2ccc(-c3cccc(C(=O)C[C@@H](C)c4ccc(F)cc4)c3)cc12. The Kier molecular flexibility index (Phi) is 6.88. The topological polar surface area (TPSA) is 59.3 Å². The summed E-state index contributed by atoms with van der Waals surface area (Å²) in [5, 5.41) is 3.27. The van der Waals surface area contributed by atoms with E-state index in [1.165, 1.54) is 24.3 Å². The van der Waals surface area contributed by atoms with Crippen LogP contribution in [0.25, 0.3) is 33.4 Å². The van der Waals surface area contributed by atoms with Crippen molar-refractivity contribution < 1.29 is 22.8 Å². The predicted molar refractivity (Wildman–Crippen MR) is 144 cm³/mol. The zero-order valence-corrected chi connectivity index (χ0v) is 20.9. The van der Waals surface area contributed by atoms with E-state index in [1.807, 2.05) is 37.3 Å². The van der Waals surface area contributed by atoms with Crippen molar-refractivity contribution in [2.75, 3.05) is 7.05 Å². The number of hydrogen-bond acceptors (Lipinski definition) is 3. The van der Waals surface area contributed by atoms with Gasteiger partial charge in [-0.15, -0.1) is 0 Å². The van der Waals surface area contributed by atoms with Gasteiger partial charge in [0.15, 0.2) is 5.78 Å². The number of ketones is 1. The average Bonchev–Trinajstić information content (AvgIpc) is 3.32. The molecule has 0 fully saturated rings. The molecule has 0 radical (unpaired) electrons. The van der Waals surface area contributed by atoms with E-state index < -0.39 is 0 Å². The quantitative estimate of drug-likeness (QED) is 0.228. The minimum Gasteiger partial charge on any atom is -0.455 e. The van der Waals surface area contributed by atoms with Crippen LogP contribution in [-0.2, 0) is 0 Å². The van der Waals surface area contributed by atoms with E-state index in [9.17, 15) is 18.4 Å². The number of hydrogen-bond donors (Lipinski definition) is 1. The number of Topliss-reactive ketones (excluding diaryl/α,β-unsaturated/α-hetero) is 1. The first-order valence-electron chi connectivity index (χ1n) is 12.3. The molecule has 4 aromatic carbocycles. The molecule has 1 heterocycles. The van der Waals surface area contributed by atoms with Crippen LogP contribution in [0.1, 0.15) is 45.5 Å². The molecule has 0 aliphatic heterocycles. The monoisotopic (exact) mass is 509 g/mol. The molecule has 5 aromatic rings. The molecule has 0 spiro atoms. The van der Waals surface area contributed by atoms with Crippen molar-refractivity contribution in [3.05, 3.63) is 119 Å². The summed E-state index contributed by atoms with van der Waals surface area (Å²) >= 11 is 0. The number of furan rings is 1. The van der Waals surface area contributed by atoms with Gasteiger partial charge in [0, 0.05) is 30.0 Å². The number of nitrogens with one attached hydrogen (secondary N) is 1. The van der Waals surface area contributed by atoms with Gasteiger partial charge >= 0.3 is 0 Å². The Morgan fingerprint density at radius 1 is 0.816 bits per heavy atom. The van der Waals surface area contributed by atoms with Crippen LogP contribution in [0.15, 0.2) is 95.4 Å². The lowest BCUT2D eigenvalue weighted by molar-refractivity contribution is 0.0960. The van der Waals surface area contributed by atoms with Crippen LogP contribution in [0.3, 0.4) is 0 Å². The second kappa shape index (κ2) is 10.4. The fourth-order valence-corrected chi connectivity index (χ4v) is 4.61. The van der Waals surface area contributed by atoms with Gasteiger partial charge in [-0.1, -0.05) is 43.3 Å². The summed E-state index contributed by atoms with van der Waals surface area (Å²) in [6, 6.07) is 24.9. The minimum atomic E-state index is -0.380. The number of carbonyl (C=O) groups is 2. The van der Waals surface area contributed by atoms with E-state index >= 15 is 0 Å². The molecular formula is C32H25F2NO3. The summed E-state index contributed by atoms with van der Waals surface area (Å²) in [6.07, 6.45) is 0.289. The third kappa shape index (κ3) is 4.98. The Labute approximate surface area is 218 Å². The van der Waals surface area contributed by atoms with Gasteiger partial charge in [0.1, 0.15) is 23.0 Å². The normalized spacial score (nSPS) is 11.9. The largest absolute Gasteiger partial charge is 0.455 e. The Morgan fingerprint density at radius 2 is 1.45 bits per heavy atom. The van der Waals surface area contributed by atoms with Gasteiger partial charge in [-0.2, -0.15) is 0 Å². The fourth-order valence-electron chi connectivity index (χ4n) is 4.61. The predicted octanol–water partition coefficient (Wildman–Crippen LogP) is 7.78. The molecule has 0 aliphatic carbocycles. The molecule has 0 unspecified atom stereocenters. The molecule has 0 saturated carbocycles. The second-order valence-electron chi connectivity index (χ2n) is 9.26. The van der Waals surface area contributed by atoms with Crippen LogP contribution >= 0.6 is 0 Å². The summed E-state index contributed by atoms with van der Waals surface area (Å²) in [5.74, 6) is -0.727. The highest BCUT2D eigenvalue weighted by Gasteiger charge is 2.22. The van der Waals surface area contributed by atoms with Crippen LogP contribution in [0.2, 0.25) is 0 Å². The van der Waals surface area contributed by atoms with Crippen LogP contribution in [0, 0.1) is 11.6 Å². The molecular weight excluding hydrogens is 484 g/mol. The van der Waals surface area contributed by atoms with Crippen molar-refractivity contribution in [3.63, 3.8) is 0 Å². The van der Waals surface area contributed by atoms with Gasteiger partial charge in [-0.25, -0.2) is 8.78 Å². The summed E-state index contributed by atoms with van der Waals surface area (Å²) in [7, 11) is 1.54. The van der Waals surface area contributed by atoms with Crippen molar-refractivity contribution in [1.82, 2.24) is 5.32 Å². The number of carbonyl (C=O) groups excluding carboxylic acids is 2. The molecule has 1 aromatic heterocycles. The highest BCUT2D eigenvalue weighted by atomic mass is 19.1. The van der Waals surface area contributed by atoms with E-state index in [1.54, 1.807) is 43.4 Å². The van der Waals surface area contributed by atoms with Gasteiger partial charge in [0.05, 0.1) is 5.56 Å². The molecule has 38 heavy (non-hydrogen) atoms. The molecule has 0 bridgehead atoms. The third-order valence-electron chi connectivity index (χ3n) is 6.70. The van der Waals surface area contributed by atoms with Gasteiger partial charge in [0.2, 0.25) is 0 Å². The molecule has 0 saturated heterocycles. The number of rotatable bonds is 7. The van der Waals surface area contributed by atoms with Gasteiger partial charge in [-0.05, 0) is 77.2 Å². The van der Waals surface area contributed by atoms with Crippen LogP contribution in [0.4, 0.5) is 8.78 Å². The molecule has 5 rings (SSSR count). The smallest absolute Gasteiger partial charge is 0.255 e. The maximum atomic E-state index is 13.5. The Bertz CT molecular complexity index is 1640. The van der Waals surface area contributed by atoms with Crippen molar-refractivity contribution in [2.24, 2.45) is 0 Å². The second-order valence-corrected chi connectivity index (χ2v) is 9.26. The van der Waals surface area contributed by atoms with Crippen LogP contribution in [-0.4, -0.2) is 18.7 Å². The number of amides is 1. The highest BCUT2D eigenvalue weighted by molar-refractivity contribution is 6.12. The minimum absolute atomic E-state index is 0.0160. The molecule has 1 N–H and O–H groups in total. The molecule has 0 aliphatic rings. The maximum Gasteiger partial charge on any atom is 0.255 e. The number of fused-ring (bicyclic) bond motifs is 1. The molecule has 1 amide bonds. The zero-order valence-electron chi connectivity index (χ0n) is 20.9. The zero-order chi connectivity index (χ0) is 26.8. The Morgan fingerprint density at radius 3 is 2.13 bits per heavy atom. The van der Waals surface area contributed by atoms with Gasteiger partial charge in [0.25, 0.3) is 5.91 Å². The van der Waals surface area contributed by atoms with Gasteiger partial charge in [-0.3, -0.25) is 9.59 Å². The van der Waals surface area contributed by atoms with E-state index in [4.69, 9.17) is 4.42 Å². The molecule has 4 nitrogen and oxygen atoms in total. The van der Waals surface area contributed by atoms with Crippen molar-refractivity contribution in [1.29, 1.82) is 0 Å². The first kappa shape index (κ1) is 25.1. The first-order chi connectivity index (χ1) is 18.3. The lowest BCUT2D eigenvalue weighted by Gasteiger charge is -2.12. The lowest BCUT2D eigenvalue weighted by atomic mass is 9.92. The van der Waals surface area contributed by atoms with Crippen molar-refractivity contribution >= 4 is 22.7 Å². The lowest BCUT2D eigenvalue weighted by Crippen LogP contribution is -2.18. The van der Waals surface area contributed by atoms with Crippen molar-refractivity contribution in [2.45, 2.75) is 19.3 Å². The third-order valence-corrected chi connectivity index (χ3v) is 6.70. The van der Waals surface area contributed by atoms with Gasteiger partial charge < -0.3 is 9.73 Å². The summed E-state index contributed by atoms with van der Waals surface area (Å²) in [6.45, 7) is 1.95. The van der Waals surface area contributed by atoms with E-state index in [0.717, 1.165) is 16.7 Å². The molecule has 190 valence electrons. The van der Waals surface area contributed by atoms with E-state index in [-0.39, 0.29) is 35.7 Å². The first-order valence-corrected chi connectivity index (χ1v) is 12.3. The number of benzene rings is 4. The standard InChI is InChI=1S/C32H25F2NO3/c1-19(20-6-11-25(33)12-7-20)16-28(36)24-5-3-4-22(17-24)23-10-15-29-27(18-23)30(32(37)35-2)31(38-29)21-8-13-26(34)14-9-21/h3-15,17-19H,16H2,1-2H3,(H,35,37)/t19-/m1/s1. The van der Waals surface area contributed by atoms with E-state index in [2.05, 4.69) is 5.32 Å². The molecule has 6 heteroatoms. The highest BCUT2D eigenvalue weighted by Crippen LogP contribution is 2.36. The average molecular weight is 510 g/mol. The van der Waals surface area contributed by atoms with Crippen LogP contribution in [0.5, 0.6) is 0 Å². The summed E-state index contributed by atoms with van der Waals surface area (Å²) < 4.78 is 32.8. The maximum absolute atomic E-state index is 13.5. The Balaban J connectivity index is 1.49. The fraction of sp³-hybridized carbons (Fsp3) is 0.125. The summed E-state index contributed by atoms with van der Waals surface area (Å²) in [5.41, 5.74) is 4.58. The van der Waals surface area contributed by atoms with E-state index in [0.29, 0.717) is 33.4 Å². The molecule has 1 atom stereocenters. The summed E-state index contributed by atoms with van der Waals surface area (Å²) in [4.78, 5) is 26.0.